The van der Waals surface area contributed by atoms with Gasteiger partial charge in [0.1, 0.15) is 11.5 Å². The normalized spacial score (nSPS) is 14.2. The summed E-state index contributed by atoms with van der Waals surface area (Å²) in [7, 11) is 0. The fourth-order valence-corrected chi connectivity index (χ4v) is 3.54. The van der Waals surface area contributed by atoms with Crippen LogP contribution in [0.4, 0.5) is 0 Å². The van der Waals surface area contributed by atoms with E-state index in [0.717, 1.165) is 50.1 Å². The number of hydrogen-bond acceptors (Lipinski definition) is 4. The molecule has 0 bridgehead atoms. The van der Waals surface area contributed by atoms with Gasteiger partial charge < -0.3 is 9.97 Å². The molecule has 1 aliphatic carbocycles. The minimum Gasteiger partial charge on any atom is -0.346 e. The molecule has 130 valence electrons. The monoisotopic (exact) mass is 352 g/mol. The molecule has 6 nitrogen and oxygen atoms in total. The number of benzene rings is 1. The van der Waals surface area contributed by atoms with Gasteiger partial charge in [0, 0.05) is 52.8 Å². The van der Waals surface area contributed by atoms with Crippen molar-refractivity contribution >= 4 is 22.1 Å². The van der Waals surface area contributed by atoms with E-state index in [1.807, 2.05) is 30.9 Å². The van der Waals surface area contributed by atoms with E-state index in [2.05, 4.69) is 48.1 Å². The lowest BCUT2D eigenvalue weighted by Crippen LogP contribution is -1.92. The van der Waals surface area contributed by atoms with E-state index in [9.17, 15) is 0 Å². The van der Waals surface area contributed by atoms with Crippen molar-refractivity contribution in [1.82, 2.24) is 29.9 Å². The minimum atomic E-state index is 0.563. The number of aromatic amines is 2. The summed E-state index contributed by atoms with van der Waals surface area (Å²) in [5.74, 6) is 1.52. The molecule has 1 aliphatic rings. The molecule has 0 saturated heterocycles. The van der Waals surface area contributed by atoms with Crippen LogP contribution in [-0.2, 0) is 0 Å². The Morgan fingerprint density at radius 3 is 2.52 bits per heavy atom. The van der Waals surface area contributed by atoms with E-state index in [4.69, 9.17) is 0 Å². The Labute approximate surface area is 154 Å². The zero-order chi connectivity index (χ0) is 17.8. The molecular weight excluding hydrogens is 336 g/mol. The third kappa shape index (κ3) is 2.41. The molecule has 0 aliphatic heterocycles. The van der Waals surface area contributed by atoms with Gasteiger partial charge >= 0.3 is 0 Å². The minimum absolute atomic E-state index is 0.563. The molecule has 0 atom stereocenters. The Hall–Kier alpha value is -3.54. The fraction of sp³-hybridized carbons (Fsp3) is 0.143. The highest BCUT2D eigenvalue weighted by Crippen LogP contribution is 2.38. The van der Waals surface area contributed by atoms with Gasteiger partial charge in [-0.2, -0.15) is 0 Å². The lowest BCUT2D eigenvalue weighted by Gasteiger charge is -2.04. The number of rotatable bonds is 3. The van der Waals surface area contributed by atoms with Crippen LogP contribution in [-0.4, -0.2) is 29.9 Å². The van der Waals surface area contributed by atoms with Crippen LogP contribution in [0.3, 0.4) is 0 Å². The average molecular weight is 352 g/mol. The third-order valence-electron chi connectivity index (χ3n) is 5.21. The molecule has 0 radical (unpaired) electrons. The summed E-state index contributed by atoms with van der Waals surface area (Å²) in [5, 5.41) is 1.08. The number of nitrogens with one attached hydrogen (secondary N) is 2. The smallest absolute Gasteiger partial charge is 0.137 e. The summed E-state index contributed by atoms with van der Waals surface area (Å²) >= 11 is 0. The lowest BCUT2D eigenvalue weighted by molar-refractivity contribution is 0.928. The van der Waals surface area contributed by atoms with Crippen LogP contribution in [0.5, 0.6) is 0 Å². The lowest BCUT2D eigenvalue weighted by atomic mass is 10.0. The van der Waals surface area contributed by atoms with Crippen molar-refractivity contribution in [3.05, 3.63) is 61.2 Å². The third-order valence-corrected chi connectivity index (χ3v) is 5.21. The number of fused-ring (bicyclic) bond motifs is 2. The van der Waals surface area contributed by atoms with Crippen LogP contribution in [0.1, 0.15) is 24.6 Å². The predicted octanol–water partition coefficient (Wildman–Crippen LogP) is 4.44. The number of pyridine rings is 1. The van der Waals surface area contributed by atoms with Crippen LogP contribution < -0.4 is 0 Å². The molecule has 4 aromatic heterocycles. The second kappa shape index (κ2) is 5.48. The summed E-state index contributed by atoms with van der Waals surface area (Å²) in [5.41, 5.74) is 7.11. The maximum atomic E-state index is 4.59. The Bertz CT molecular complexity index is 1280. The van der Waals surface area contributed by atoms with E-state index in [1.165, 1.54) is 12.8 Å². The summed E-state index contributed by atoms with van der Waals surface area (Å²) in [4.78, 5) is 24.4. The maximum absolute atomic E-state index is 4.59. The van der Waals surface area contributed by atoms with Crippen LogP contribution in [0.15, 0.2) is 55.4 Å². The van der Waals surface area contributed by atoms with Crippen molar-refractivity contribution in [2.24, 2.45) is 0 Å². The van der Waals surface area contributed by atoms with E-state index >= 15 is 0 Å². The zero-order valence-electron chi connectivity index (χ0n) is 14.5. The highest BCUT2D eigenvalue weighted by atomic mass is 14.9. The Morgan fingerprint density at radius 1 is 0.815 bits per heavy atom. The summed E-state index contributed by atoms with van der Waals surface area (Å²) < 4.78 is 0. The van der Waals surface area contributed by atoms with Crippen molar-refractivity contribution < 1.29 is 0 Å². The van der Waals surface area contributed by atoms with Crippen molar-refractivity contribution in [2.75, 3.05) is 0 Å². The fourth-order valence-electron chi connectivity index (χ4n) is 3.54. The van der Waals surface area contributed by atoms with E-state index < -0.39 is 0 Å². The number of H-pyrrole nitrogens is 2. The van der Waals surface area contributed by atoms with Crippen LogP contribution in [0, 0.1) is 0 Å². The average Bonchev–Trinajstić information content (AvgIpc) is 3.31. The van der Waals surface area contributed by atoms with E-state index in [0.29, 0.717) is 5.92 Å². The summed E-state index contributed by atoms with van der Waals surface area (Å²) in [6.45, 7) is 0. The molecule has 5 aromatic rings. The largest absolute Gasteiger partial charge is 0.346 e. The molecular formula is C21H16N6. The molecule has 2 N–H and O–H groups in total. The molecule has 4 heterocycles. The SMILES string of the molecule is c1nc2ccc(-c3c[nH]c4ncc(-c5cnc(C6CC6)nc5)cc34)cc2[nH]1. The molecule has 0 amide bonds. The Kier molecular flexibility index (Phi) is 2.96. The van der Waals surface area contributed by atoms with Gasteiger partial charge in [0.05, 0.1) is 17.4 Å². The van der Waals surface area contributed by atoms with Crippen LogP contribution >= 0.6 is 0 Å². The second-order valence-corrected chi connectivity index (χ2v) is 7.06. The van der Waals surface area contributed by atoms with Gasteiger partial charge in [-0.1, -0.05) is 6.07 Å². The molecule has 6 heteroatoms. The molecule has 1 aromatic carbocycles. The first-order valence-corrected chi connectivity index (χ1v) is 9.08. The molecule has 0 unspecified atom stereocenters. The van der Waals surface area contributed by atoms with Gasteiger partial charge in [-0.05, 0) is 36.6 Å². The van der Waals surface area contributed by atoms with Crippen LogP contribution in [0.25, 0.3) is 44.3 Å². The van der Waals surface area contributed by atoms with E-state index in [1.54, 1.807) is 6.33 Å². The quantitative estimate of drug-likeness (QED) is 0.503. The van der Waals surface area contributed by atoms with Crippen LogP contribution in [0.2, 0.25) is 0 Å². The van der Waals surface area contributed by atoms with Crippen molar-refractivity contribution in [3.8, 4) is 22.3 Å². The van der Waals surface area contributed by atoms with Crippen molar-refractivity contribution in [2.45, 2.75) is 18.8 Å². The number of hydrogen-bond donors (Lipinski definition) is 2. The highest BCUT2D eigenvalue weighted by molar-refractivity contribution is 5.97. The van der Waals surface area contributed by atoms with Gasteiger partial charge in [0.15, 0.2) is 0 Å². The van der Waals surface area contributed by atoms with Gasteiger partial charge in [0.25, 0.3) is 0 Å². The zero-order valence-corrected chi connectivity index (χ0v) is 14.5. The first-order valence-electron chi connectivity index (χ1n) is 9.08. The second-order valence-electron chi connectivity index (χ2n) is 7.06. The van der Waals surface area contributed by atoms with Gasteiger partial charge in [-0.25, -0.2) is 19.9 Å². The molecule has 6 rings (SSSR count). The number of aromatic nitrogens is 6. The van der Waals surface area contributed by atoms with Gasteiger partial charge in [-0.15, -0.1) is 0 Å². The number of nitrogens with zero attached hydrogens (tertiary/aromatic N) is 4. The molecule has 0 spiro atoms. The number of imidazole rings is 1. The molecule has 27 heavy (non-hydrogen) atoms. The highest BCUT2D eigenvalue weighted by Gasteiger charge is 2.26. The van der Waals surface area contributed by atoms with Crippen molar-refractivity contribution in [3.63, 3.8) is 0 Å². The van der Waals surface area contributed by atoms with E-state index in [-0.39, 0.29) is 0 Å². The topological polar surface area (TPSA) is 83.1 Å². The Balaban J connectivity index is 1.45. The maximum Gasteiger partial charge on any atom is 0.137 e. The molecule has 1 fully saturated rings. The Morgan fingerprint density at radius 2 is 1.67 bits per heavy atom. The van der Waals surface area contributed by atoms with Crippen molar-refractivity contribution in [1.29, 1.82) is 0 Å². The van der Waals surface area contributed by atoms with Gasteiger partial charge in [-0.3, -0.25) is 0 Å². The summed E-state index contributed by atoms with van der Waals surface area (Å²) in [6, 6.07) is 8.39. The van der Waals surface area contributed by atoms with Gasteiger partial charge in [0.2, 0.25) is 0 Å². The summed E-state index contributed by atoms with van der Waals surface area (Å²) in [6.07, 6.45) is 11.8. The first-order chi connectivity index (χ1) is 13.3. The molecule has 1 saturated carbocycles. The first kappa shape index (κ1) is 14.6. The predicted molar refractivity (Wildman–Crippen MR) is 104 cm³/mol. The standard InChI is InChI=1S/C21H16N6/c1-2-12(1)20-22-8-15(9-23-20)14-5-16-17(10-25-21(16)24-7-14)13-3-4-18-19(6-13)27-11-26-18/h3-12H,1-2H2,(H,24,25)(H,26,27).